The van der Waals surface area contributed by atoms with Gasteiger partial charge in [0.05, 0.1) is 11.8 Å². The second-order valence-electron chi connectivity index (χ2n) is 6.77. The van der Waals surface area contributed by atoms with Gasteiger partial charge in [-0.1, -0.05) is 36.7 Å². The zero-order valence-corrected chi connectivity index (χ0v) is 14.2. The maximum Gasteiger partial charge on any atom is 0.226 e. The Balaban J connectivity index is 1.47. The van der Waals surface area contributed by atoms with Crippen LogP contribution in [0.2, 0.25) is 5.02 Å². The highest BCUT2D eigenvalue weighted by Gasteiger charge is 2.49. The summed E-state index contributed by atoms with van der Waals surface area (Å²) < 4.78 is 0. The van der Waals surface area contributed by atoms with Gasteiger partial charge >= 0.3 is 0 Å². The van der Waals surface area contributed by atoms with Crippen LogP contribution in [-0.4, -0.2) is 29.8 Å². The number of nitrogens with one attached hydrogen (secondary N) is 1. The number of hydrogen-bond donors (Lipinski definition) is 1. The number of hydrogen-bond acceptors (Lipinski definition) is 2. The van der Waals surface area contributed by atoms with E-state index in [-0.39, 0.29) is 23.7 Å². The fourth-order valence-corrected chi connectivity index (χ4v) is 3.38. The van der Waals surface area contributed by atoms with Gasteiger partial charge in [-0.3, -0.25) is 9.59 Å². The van der Waals surface area contributed by atoms with Gasteiger partial charge in [-0.15, -0.1) is 0 Å². The molecular formula is C18H23ClN2O2. The predicted molar refractivity (Wildman–Crippen MR) is 89.9 cm³/mol. The summed E-state index contributed by atoms with van der Waals surface area (Å²) in [5.74, 6) is 0.551. The molecule has 5 heteroatoms. The van der Waals surface area contributed by atoms with Crippen molar-refractivity contribution in [3.8, 4) is 0 Å². The van der Waals surface area contributed by atoms with Gasteiger partial charge in [-0.25, -0.2) is 0 Å². The lowest BCUT2D eigenvalue weighted by Gasteiger charge is -2.30. The van der Waals surface area contributed by atoms with Crippen LogP contribution >= 0.6 is 11.6 Å². The van der Waals surface area contributed by atoms with E-state index in [2.05, 4.69) is 12.2 Å². The van der Waals surface area contributed by atoms with Crippen LogP contribution in [-0.2, 0) is 16.1 Å². The first-order valence-electron chi connectivity index (χ1n) is 8.36. The van der Waals surface area contributed by atoms with Crippen LogP contribution in [0.15, 0.2) is 24.3 Å². The molecule has 2 atom stereocenters. The monoisotopic (exact) mass is 334 g/mol. The van der Waals surface area contributed by atoms with Crippen molar-refractivity contribution in [3.63, 3.8) is 0 Å². The summed E-state index contributed by atoms with van der Waals surface area (Å²) in [4.78, 5) is 26.6. The maximum atomic E-state index is 12.4. The summed E-state index contributed by atoms with van der Waals surface area (Å²) in [6, 6.07) is 7.47. The minimum Gasteiger partial charge on any atom is -0.352 e. The summed E-state index contributed by atoms with van der Waals surface area (Å²) in [6.45, 7) is 4.32. The van der Waals surface area contributed by atoms with Crippen molar-refractivity contribution in [2.45, 2.75) is 32.7 Å². The molecule has 1 aromatic rings. The highest BCUT2D eigenvalue weighted by atomic mass is 35.5. The van der Waals surface area contributed by atoms with Crippen LogP contribution in [0, 0.1) is 17.8 Å². The zero-order valence-electron chi connectivity index (χ0n) is 13.4. The van der Waals surface area contributed by atoms with Crippen LogP contribution in [0.1, 0.15) is 31.7 Å². The van der Waals surface area contributed by atoms with Crippen molar-refractivity contribution in [2.24, 2.45) is 17.8 Å². The predicted octanol–water partition coefficient (Wildman–Crippen LogP) is 2.85. The smallest absolute Gasteiger partial charge is 0.226 e. The molecule has 124 valence electrons. The quantitative estimate of drug-likeness (QED) is 0.920. The third-order valence-electron chi connectivity index (χ3n) is 4.95. The molecule has 0 spiro atoms. The normalized spacial score (nSPS) is 24.3. The molecule has 2 amide bonds. The maximum absolute atomic E-state index is 12.4. The molecule has 4 nitrogen and oxygen atoms in total. The molecule has 1 aromatic carbocycles. The molecule has 0 bridgehead atoms. The van der Waals surface area contributed by atoms with Crippen LogP contribution in [0.3, 0.4) is 0 Å². The van der Waals surface area contributed by atoms with Gasteiger partial charge in [0.1, 0.15) is 0 Å². The number of piperidine rings is 1. The Morgan fingerprint density at radius 1 is 1.22 bits per heavy atom. The zero-order chi connectivity index (χ0) is 16.4. The first-order valence-corrected chi connectivity index (χ1v) is 8.74. The Kier molecular flexibility index (Phi) is 4.90. The van der Waals surface area contributed by atoms with Crippen molar-refractivity contribution < 1.29 is 9.59 Å². The standard InChI is InChI=1S/C18H23ClN2O2/c1-12-6-8-21(9-7-12)18(23)15-10-14(15)17(22)20-11-13-4-2-3-5-16(13)19/h2-5,12,14-15H,6-11H2,1H3,(H,20,22). The van der Waals surface area contributed by atoms with Crippen LogP contribution in [0.5, 0.6) is 0 Å². The lowest BCUT2D eigenvalue weighted by molar-refractivity contribution is -0.135. The molecule has 1 aliphatic carbocycles. The van der Waals surface area contributed by atoms with Crippen LogP contribution in [0.4, 0.5) is 0 Å². The fourth-order valence-electron chi connectivity index (χ4n) is 3.18. The van der Waals surface area contributed by atoms with E-state index < -0.39 is 0 Å². The Hall–Kier alpha value is -1.55. The second kappa shape index (κ2) is 6.91. The van der Waals surface area contributed by atoms with Crippen LogP contribution < -0.4 is 5.32 Å². The van der Waals surface area contributed by atoms with E-state index in [9.17, 15) is 9.59 Å². The van der Waals surface area contributed by atoms with E-state index in [4.69, 9.17) is 11.6 Å². The minimum atomic E-state index is -0.163. The lowest BCUT2D eigenvalue weighted by atomic mass is 9.99. The molecule has 2 aliphatic rings. The van der Waals surface area contributed by atoms with Crippen molar-refractivity contribution in [1.82, 2.24) is 10.2 Å². The number of rotatable bonds is 4. The number of nitrogens with zero attached hydrogens (tertiary/aromatic N) is 1. The Bertz CT molecular complexity index is 596. The molecule has 2 fully saturated rings. The SMILES string of the molecule is CC1CCN(C(=O)C2CC2C(=O)NCc2ccccc2Cl)CC1. The van der Waals surface area contributed by atoms with E-state index in [0.717, 1.165) is 31.5 Å². The first-order chi connectivity index (χ1) is 11.1. The van der Waals surface area contributed by atoms with Crippen molar-refractivity contribution >= 4 is 23.4 Å². The van der Waals surface area contributed by atoms with E-state index in [1.807, 2.05) is 29.2 Å². The highest BCUT2D eigenvalue weighted by molar-refractivity contribution is 6.31. The van der Waals surface area contributed by atoms with E-state index in [1.54, 1.807) is 0 Å². The van der Waals surface area contributed by atoms with E-state index in [1.165, 1.54) is 0 Å². The summed E-state index contributed by atoms with van der Waals surface area (Å²) in [5, 5.41) is 3.55. The minimum absolute atomic E-state index is 0.0337. The Morgan fingerprint density at radius 2 is 1.91 bits per heavy atom. The van der Waals surface area contributed by atoms with E-state index in [0.29, 0.717) is 23.9 Å². The molecule has 3 rings (SSSR count). The first kappa shape index (κ1) is 16.3. The molecule has 1 saturated carbocycles. The molecule has 23 heavy (non-hydrogen) atoms. The Morgan fingerprint density at radius 3 is 2.61 bits per heavy atom. The van der Waals surface area contributed by atoms with Gasteiger partial charge in [0.15, 0.2) is 0 Å². The summed E-state index contributed by atoms with van der Waals surface area (Å²) >= 11 is 6.08. The van der Waals surface area contributed by atoms with Gasteiger partial charge in [0, 0.05) is 24.7 Å². The number of amides is 2. The Labute approximate surface area is 142 Å². The highest BCUT2D eigenvalue weighted by Crippen LogP contribution is 2.40. The number of carbonyl (C=O) groups excluding carboxylic acids is 2. The second-order valence-corrected chi connectivity index (χ2v) is 7.17. The van der Waals surface area contributed by atoms with Gasteiger partial charge in [-0.2, -0.15) is 0 Å². The number of benzene rings is 1. The van der Waals surface area contributed by atoms with Crippen molar-refractivity contribution in [1.29, 1.82) is 0 Å². The lowest BCUT2D eigenvalue weighted by Crippen LogP contribution is -2.39. The number of carbonyl (C=O) groups is 2. The summed E-state index contributed by atoms with van der Waals surface area (Å²) in [5.41, 5.74) is 0.899. The largest absolute Gasteiger partial charge is 0.352 e. The average Bonchev–Trinajstić information content (AvgIpc) is 3.34. The van der Waals surface area contributed by atoms with Gasteiger partial charge in [0.25, 0.3) is 0 Å². The molecule has 0 aromatic heterocycles. The molecule has 1 saturated heterocycles. The van der Waals surface area contributed by atoms with Crippen LogP contribution in [0.25, 0.3) is 0 Å². The summed E-state index contributed by atoms with van der Waals surface area (Å²) in [6.07, 6.45) is 2.82. The molecule has 2 unspecified atom stereocenters. The molecule has 1 heterocycles. The average molecular weight is 335 g/mol. The number of likely N-dealkylation sites (tertiary alicyclic amines) is 1. The summed E-state index contributed by atoms with van der Waals surface area (Å²) in [7, 11) is 0. The van der Waals surface area contributed by atoms with Gasteiger partial charge in [-0.05, 0) is 36.8 Å². The third kappa shape index (κ3) is 3.86. The molecule has 0 radical (unpaired) electrons. The van der Waals surface area contributed by atoms with Gasteiger partial charge < -0.3 is 10.2 Å². The van der Waals surface area contributed by atoms with Crippen molar-refractivity contribution in [2.75, 3.05) is 13.1 Å². The van der Waals surface area contributed by atoms with Crippen molar-refractivity contribution in [3.05, 3.63) is 34.9 Å². The molecule has 1 aliphatic heterocycles. The topological polar surface area (TPSA) is 49.4 Å². The van der Waals surface area contributed by atoms with E-state index >= 15 is 0 Å². The van der Waals surface area contributed by atoms with Gasteiger partial charge in [0.2, 0.25) is 11.8 Å². The fraction of sp³-hybridized carbons (Fsp3) is 0.556. The molecule has 1 N–H and O–H groups in total. The third-order valence-corrected chi connectivity index (χ3v) is 5.32. The number of halogens is 1. The molecular weight excluding hydrogens is 312 g/mol.